The van der Waals surface area contributed by atoms with E-state index in [2.05, 4.69) is 41.5 Å². The lowest BCUT2D eigenvalue weighted by Crippen LogP contribution is -2.27. The molecule has 132 valence electrons. The molecule has 1 N–H and O–H groups in total. The van der Waals surface area contributed by atoms with Crippen LogP contribution in [-0.4, -0.2) is 13.0 Å². The monoisotopic (exact) mass is 340 g/mol. The van der Waals surface area contributed by atoms with Crippen LogP contribution in [-0.2, 0) is 10.1 Å². The molecule has 0 amide bonds. The number of hydrogen-bond acceptors (Lipinski definition) is 2. The molecule has 0 aliphatic heterocycles. The van der Waals surface area contributed by atoms with Gasteiger partial charge < -0.3 is 0 Å². The molecule has 0 aliphatic carbocycles. The lowest BCUT2D eigenvalue weighted by Gasteiger charge is -2.39. The van der Waals surface area contributed by atoms with Gasteiger partial charge in [-0.05, 0) is 47.3 Å². The van der Waals surface area contributed by atoms with Gasteiger partial charge >= 0.3 is 0 Å². The summed E-state index contributed by atoms with van der Waals surface area (Å²) in [6.07, 6.45) is 4.45. The normalized spacial score (nSPS) is 14.7. The van der Waals surface area contributed by atoms with Gasteiger partial charge in [-0.25, -0.2) is 0 Å². The fraction of sp³-hybridized carbons (Fsp3) is 0.684. The molecule has 0 bridgehead atoms. The Bertz CT molecular complexity index is 598. The SMILES string of the molecule is CCCC(C)(C)CC(c1ccc(S(=O)(=O)O)cc1)C(C)(C)CC. The minimum atomic E-state index is -4.13. The molecule has 0 saturated carbocycles. The Labute approximate surface area is 142 Å². The minimum Gasteiger partial charge on any atom is -0.282 e. The van der Waals surface area contributed by atoms with Crippen LogP contribution in [0.5, 0.6) is 0 Å². The smallest absolute Gasteiger partial charge is 0.282 e. The van der Waals surface area contributed by atoms with E-state index in [4.69, 9.17) is 4.55 Å². The van der Waals surface area contributed by atoms with Crippen LogP contribution in [0.15, 0.2) is 29.2 Å². The van der Waals surface area contributed by atoms with Gasteiger partial charge in [0.15, 0.2) is 0 Å². The lowest BCUT2D eigenvalue weighted by molar-refractivity contribution is 0.182. The summed E-state index contributed by atoms with van der Waals surface area (Å²) >= 11 is 0. The summed E-state index contributed by atoms with van der Waals surface area (Å²) in [5.74, 6) is 0.351. The van der Waals surface area contributed by atoms with Crippen LogP contribution in [0.3, 0.4) is 0 Å². The van der Waals surface area contributed by atoms with Gasteiger partial charge in [0.25, 0.3) is 10.1 Å². The van der Waals surface area contributed by atoms with Crippen LogP contribution >= 0.6 is 0 Å². The summed E-state index contributed by atoms with van der Waals surface area (Å²) in [5.41, 5.74) is 1.52. The number of rotatable bonds is 8. The maximum absolute atomic E-state index is 11.2. The van der Waals surface area contributed by atoms with Gasteiger partial charge in [-0.1, -0.05) is 66.5 Å². The standard InChI is InChI=1S/C19H32O3S/c1-7-13-18(3,4)14-17(19(5,6)8-2)15-9-11-16(12-10-15)23(20,21)22/h9-12,17H,7-8,13-14H2,1-6H3,(H,20,21,22). The van der Waals surface area contributed by atoms with Gasteiger partial charge in [-0.15, -0.1) is 0 Å². The summed E-state index contributed by atoms with van der Waals surface area (Å²) in [5, 5.41) is 0. The third-order valence-corrected chi connectivity index (χ3v) is 5.99. The molecular formula is C19H32O3S. The predicted molar refractivity (Wildman–Crippen MR) is 96.4 cm³/mol. The molecule has 0 spiro atoms. The first-order valence-electron chi connectivity index (χ1n) is 8.50. The quantitative estimate of drug-likeness (QED) is 0.620. The molecule has 1 unspecified atom stereocenters. The second-order valence-corrected chi connectivity index (χ2v) is 9.48. The van der Waals surface area contributed by atoms with Crippen molar-refractivity contribution in [2.24, 2.45) is 10.8 Å². The Kier molecular flexibility index (Phi) is 6.45. The molecule has 23 heavy (non-hydrogen) atoms. The van der Waals surface area contributed by atoms with Gasteiger partial charge in [0.1, 0.15) is 0 Å². The highest BCUT2D eigenvalue weighted by molar-refractivity contribution is 7.85. The maximum Gasteiger partial charge on any atom is 0.294 e. The molecule has 4 heteroatoms. The van der Waals surface area contributed by atoms with Crippen molar-refractivity contribution in [1.29, 1.82) is 0 Å². The van der Waals surface area contributed by atoms with Gasteiger partial charge in [-0.3, -0.25) is 4.55 Å². The van der Waals surface area contributed by atoms with E-state index in [0.717, 1.165) is 24.8 Å². The first kappa shape index (κ1) is 20.2. The van der Waals surface area contributed by atoms with Crippen LogP contribution < -0.4 is 0 Å². The molecule has 3 nitrogen and oxygen atoms in total. The average molecular weight is 341 g/mol. The second kappa shape index (κ2) is 7.35. The van der Waals surface area contributed by atoms with Crippen molar-refractivity contribution in [3.63, 3.8) is 0 Å². The Hall–Kier alpha value is -0.870. The second-order valence-electron chi connectivity index (χ2n) is 8.06. The molecule has 0 aromatic heterocycles. The van der Waals surface area contributed by atoms with Crippen molar-refractivity contribution in [2.75, 3.05) is 0 Å². The maximum atomic E-state index is 11.2. The van der Waals surface area contributed by atoms with E-state index in [0.29, 0.717) is 5.92 Å². The zero-order valence-corrected chi connectivity index (χ0v) is 16.2. The van der Waals surface area contributed by atoms with Crippen molar-refractivity contribution < 1.29 is 13.0 Å². The van der Waals surface area contributed by atoms with E-state index in [-0.39, 0.29) is 15.7 Å². The molecule has 1 aromatic carbocycles. The van der Waals surface area contributed by atoms with Crippen molar-refractivity contribution >= 4 is 10.1 Å². The third kappa shape index (κ3) is 5.61. The lowest BCUT2D eigenvalue weighted by atomic mass is 9.65. The van der Waals surface area contributed by atoms with Crippen LogP contribution in [0.1, 0.15) is 78.7 Å². The Morgan fingerprint density at radius 1 is 1.04 bits per heavy atom. The van der Waals surface area contributed by atoms with E-state index in [1.165, 1.54) is 18.6 Å². The highest BCUT2D eigenvalue weighted by Crippen LogP contribution is 2.46. The van der Waals surface area contributed by atoms with Crippen molar-refractivity contribution in [3.8, 4) is 0 Å². The van der Waals surface area contributed by atoms with Crippen LogP contribution in [0, 0.1) is 10.8 Å². The molecule has 0 radical (unpaired) electrons. The number of hydrogen-bond donors (Lipinski definition) is 1. The summed E-state index contributed by atoms with van der Waals surface area (Å²) < 4.78 is 31.6. The van der Waals surface area contributed by atoms with Crippen LogP contribution in [0.2, 0.25) is 0 Å². The highest BCUT2D eigenvalue weighted by Gasteiger charge is 2.34. The average Bonchev–Trinajstić information content (AvgIpc) is 2.44. The Morgan fingerprint density at radius 3 is 1.96 bits per heavy atom. The number of benzene rings is 1. The van der Waals surface area contributed by atoms with Crippen molar-refractivity contribution in [1.82, 2.24) is 0 Å². The Balaban J connectivity index is 3.20. The third-order valence-electron chi connectivity index (χ3n) is 5.12. The fourth-order valence-corrected chi connectivity index (χ4v) is 3.78. The van der Waals surface area contributed by atoms with Gasteiger partial charge in [0.2, 0.25) is 0 Å². The molecule has 1 atom stereocenters. The van der Waals surface area contributed by atoms with E-state index in [9.17, 15) is 8.42 Å². The summed E-state index contributed by atoms with van der Waals surface area (Å²) in [6, 6.07) is 6.73. The molecule has 0 fully saturated rings. The van der Waals surface area contributed by atoms with Gasteiger partial charge in [0.05, 0.1) is 4.90 Å². The van der Waals surface area contributed by atoms with E-state index in [1.807, 2.05) is 12.1 Å². The van der Waals surface area contributed by atoms with Crippen LogP contribution in [0.25, 0.3) is 0 Å². The van der Waals surface area contributed by atoms with E-state index < -0.39 is 10.1 Å². The van der Waals surface area contributed by atoms with Gasteiger partial charge in [0, 0.05) is 0 Å². The zero-order chi connectivity index (χ0) is 17.9. The summed E-state index contributed by atoms with van der Waals surface area (Å²) in [6.45, 7) is 13.6. The van der Waals surface area contributed by atoms with Crippen molar-refractivity contribution in [3.05, 3.63) is 29.8 Å². The van der Waals surface area contributed by atoms with Crippen LogP contribution in [0.4, 0.5) is 0 Å². The summed E-state index contributed by atoms with van der Waals surface area (Å²) in [7, 11) is -4.13. The topological polar surface area (TPSA) is 54.4 Å². The molecule has 1 aromatic rings. The highest BCUT2D eigenvalue weighted by atomic mass is 32.2. The van der Waals surface area contributed by atoms with E-state index in [1.54, 1.807) is 0 Å². The van der Waals surface area contributed by atoms with Gasteiger partial charge in [-0.2, -0.15) is 8.42 Å². The molecular weight excluding hydrogens is 308 g/mol. The largest absolute Gasteiger partial charge is 0.294 e. The predicted octanol–water partition coefficient (Wildman–Crippen LogP) is 5.67. The molecule has 0 heterocycles. The first-order valence-corrected chi connectivity index (χ1v) is 9.94. The zero-order valence-electron chi connectivity index (χ0n) is 15.4. The Morgan fingerprint density at radius 2 is 1.57 bits per heavy atom. The fourth-order valence-electron chi connectivity index (χ4n) is 3.30. The van der Waals surface area contributed by atoms with Crippen molar-refractivity contribution in [2.45, 2.75) is 78.0 Å². The molecule has 0 aliphatic rings. The minimum absolute atomic E-state index is 0.0397. The molecule has 0 saturated heterocycles. The van der Waals surface area contributed by atoms with E-state index >= 15 is 0 Å². The summed E-state index contributed by atoms with van der Waals surface area (Å²) in [4.78, 5) is -0.0397. The molecule has 1 rings (SSSR count). The first-order chi connectivity index (χ1) is 10.4.